The molecule has 0 saturated carbocycles. The standard InChI is InChI=1S/C22H26N2O4/c1-5-21(25)24-11-10-15-12-16(6-8-19(15)24)22(26)23-14(2)18-13-17(27-3)7-9-20(18)28-4/h6-9,12-14H,5,10-11H2,1-4H3,(H,23,26)/t14-/m1/s1. The predicted octanol–water partition coefficient (Wildman–Crippen LogP) is 3.49. The number of ether oxygens (including phenoxy) is 2. The Morgan fingerprint density at radius 3 is 2.61 bits per heavy atom. The van der Waals surface area contributed by atoms with Crippen LogP contribution in [0, 0.1) is 0 Å². The summed E-state index contributed by atoms with van der Waals surface area (Å²) >= 11 is 0. The highest BCUT2D eigenvalue weighted by atomic mass is 16.5. The summed E-state index contributed by atoms with van der Waals surface area (Å²) < 4.78 is 10.7. The van der Waals surface area contributed by atoms with Gasteiger partial charge in [0.1, 0.15) is 11.5 Å². The van der Waals surface area contributed by atoms with E-state index in [-0.39, 0.29) is 17.9 Å². The molecule has 1 aliphatic rings. The van der Waals surface area contributed by atoms with E-state index >= 15 is 0 Å². The summed E-state index contributed by atoms with van der Waals surface area (Å²) in [5, 5.41) is 3.02. The van der Waals surface area contributed by atoms with Gasteiger partial charge in [0.25, 0.3) is 5.91 Å². The van der Waals surface area contributed by atoms with Gasteiger partial charge in [0.05, 0.1) is 20.3 Å². The number of benzene rings is 2. The molecule has 1 heterocycles. The minimum Gasteiger partial charge on any atom is -0.497 e. The lowest BCUT2D eigenvalue weighted by Gasteiger charge is -2.19. The van der Waals surface area contributed by atoms with Crippen molar-refractivity contribution in [3.8, 4) is 11.5 Å². The van der Waals surface area contributed by atoms with Crippen molar-refractivity contribution in [3.05, 3.63) is 53.1 Å². The molecule has 3 rings (SSSR count). The van der Waals surface area contributed by atoms with Crippen molar-refractivity contribution in [3.63, 3.8) is 0 Å². The van der Waals surface area contributed by atoms with Crippen molar-refractivity contribution < 1.29 is 19.1 Å². The molecular weight excluding hydrogens is 356 g/mol. The molecule has 6 nitrogen and oxygen atoms in total. The second-order valence-electron chi connectivity index (χ2n) is 6.80. The third kappa shape index (κ3) is 3.81. The lowest BCUT2D eigenvalue weighted by atomic mass is 10.0. The highest BCUT2D eigenvalue weighted by Crippen LogP contribution is 2.31. The molecule has 1 N–H and O–H groups in total. The largest absolute Gasteiger partial charge is 0.497 e. The molecule has 2 aromatic carbocycles. The van der Waals surface area contributed by atoms with Crippen molar-refractivity contribution >= 4 is 17.5 Å². The van der Waals surface area contributed by atoms with Crippen molar-refractivity contribution in [1.82, 2.24) is 5.32 Å². The minimum absolute atomic E-state index is 0.106. The Morgan fingerprint density at radius 2 is 1.93 bits per heavy atom. The minimum atomic E-state index is -0.260. The molecule has 1 aliphatic heterocycles. The third-order valence-corrected chi connectivity index (χ3v) is 5.09. The number of nitrogens with zero attached hydrogens (tertiary/aromatic N) is 1. The van der Waals surface area contributed by atoms with Gasteiger partial charge in [0.2, 0.25) is 5.91 Å². The van der Waals surface area contributed by atoms with Gasteiger partial charge in [-0.2, -0.15) is 0 Å². The molecular formula is C22H26N2O4. The van der Waals surface area contributed by atoms with Crippen LogP contribution in [0.3, 0.4) is 0 Å². The molecule has 0 fully saturated rings. The van der Waals surface area contributed by atoms with Crippen molar-refractivity contribution in [1.29, 1.82) is 0 Å². The third-order valence-electron chi connectivity index (χ3n) is 5.09. The van der Waals surface area contributed by atoms with Crippen molar-refractivity contribution in [2.45, 2.75) is 32.7 Å². The summed E-state index contributed by atoms with van der Waals surface area (Å²) in [6.07, 6.45) is 1.24. The number of hydrogen-bond acceptors (Lipinski definition) is 4. The van der Waals surface area contributed by atoms with Crippen LogP contribution in [0.25, 0.3) is 0 Å². The topological polar surface area (TPSA) is 67.9 Å². The highest BCUT2D eigenvalue weighted by Gasteiger charge is 2.25. The number of fused-ring (bicyclic) bond motifs is 1. The molecule has 6 heteroatoms. The Labute approximate surface area is 165 Å². The van der Waals surface area contributed by atoms with Crippen LogP contribution in [-0.4, -0.2) is 32.6 Å². The van der Waals surface area contributed by atoms with Crippen molar-refractivity contribution in [2.24, 2.45) is 0 Å². The normalized spacial score (nSPS) is 13.6. The first kappa shape index (κ1) is 19.7. The van der Waals surface area contributed by atoms with Gasteiger partial charge < -0.3 is 19.7 Å². The molecule has 0 unspecified atom stereocenters. The summed E-state index contributed by atoms with van der Waals surface area (Å²) in [6.45, 7) is 4.44. The van der Waals surface area contributed by atoms with Crippen LogP contribution in [-0.2, 0) is 11.2 Å². The monoisotopic (exact) mass is 382 g/mol. The SMILES string of the molecule is CCC(=O)N1CCc2cc(C(=O)N[C@H](C)c3cc(OC)ccc3OC)ccc21. The number of carbonyl (C=O) groups is 2. The van der Waals surface area contributed by atoms with E-state index in [2.05, 4.69) is 5.32 Å². The second kappa shape index (κ2) is 8.33. The van der Waals surface area contributed by atoms with E-state index in [1.807, 2.05) is 44.2 Å². The van der Waals surface area contributed by atoms with E-state index in [1.165, 1.54) is 0 Å². The number of methoxy groups -OCH3 is 2. The Balaban J connectivity index is 1.78. The van der Waals surface area contributed by atoms with Gasteiger partial charge in [0.15, 0.2) is 0 Å². The van der Waals surface area contributed by atoms with Gasteiger partial charge in [0, 0.05) is 29.8 Å². The molecule has 0 spiro atoms. The summed E-state index contributed by atoms with van der Waals surface area (Å²) in [7, 11) is 3.20. The molecule has 2 aromatic rings. The second-order valence-corrected chi connectivity index (χ2v) is 6.80. The zero-order valence-corrected chi connectivity index (χ0v) is 16.7. The van der Waals surface area contributed by atoms with E-state index in [0.717, 1.165) is 23.2 Å². The highest BCUT2D eigenvalue weighted by molar-refractivity contribution is 5.98. The first-order valence-corrected chi connectivity index (χ1v) is 9.44. The lowest BCUT2D eigenvalue weighted by molar-refractivity contribution is -0.118. The Morgan fingerprint density at radius 1 is 1.14 bits per heavy atom. The number of hydrogen-bond donors (Lipinski definition) is 1. The zero-order chi connectivity index (χ0) is 20.3. The number of rotatable bonds is 6. The number of carbonyl (C=O) groups excluding carboxylic acids is 2. The first-order valence-electron chi connectivity index (χ1n) is 9.44. The summed E-state index contributed by atoms with van der Waals surface area (Å²) in [5.41, 5.74) is 3.36. The summed E-state index contributed by atoms with van der Waals surface area (Å²) in [5.74, 6) is 1.33. The summed E-state index contributed by atoms with van der Waals surface area (Å²) in [6, 6.07) is 10.8. The van der Waals surface area contributed by atoms with Crippen LogP contribution >= 0.6 is 0 Å². The van der Waals surface area contributed by atoms with E-state index in [4.69, 9.17) is 9.47 Å². The van der Waals surface area contributed by atoms with Crippen LogP contribution in [0.15, 0.2) is 36.4 Å². The Kier molecular flexibility index (Phi) is 5.87. The van der Waals surface area contributed by atoms with Crippen LogP contribution in [0.4, 0.5) is 5.69 Å². The van der Waals surface area contributed by atoms with Gasteiger partial charge in [-0.3, -0.25) is 9.59 Å². The maximum Gasteiger partial charge on any atom is 0.251 e. The Hall–Kier alpha value is -3.02. The molecule has 0 radical (unpaired) electrons. The van der Waals surface area contributed by atoms with E-state index in [0.29, 0.717) is 30.0 Å². The quantitative estimate of drug-likeness (QED) is 0.830. The molecule has 28 heavy (non-hydrogen) atoms. The van der Waals surface area contributed by atoms with Crippen LogP contribution in [0.1, 0.15) is 47.8 Å². The molecule has 2 amide bonds. The zero-order valence-electron chi connectivity index (χ0n) is 16.7. The van der Waals surface area contributed by atoms with Crippen LogP contribution < -0.4 is 19.7 Å². The maximum atomic E-state index is 12.8. The van der Waals surface area contributed by atoms with Gasteiger partial charge in [-0.15, -0.1) is 0 Å². The predicted molar refractivity (Wildman–Crippen MR) is 108 cm³/mol. The fourth-order valence-electron chi connectivity index (χ4n) is 3.53. The van der Waals surface area contributed by atoms with E-state index < -0.39 is 0 Å². The smallest absolute Gasteiger partial charge is 0.251 e. The van der Waals surface area contributed by atoms with E-state index in [9.17, 15) is 9.59 Å². The van der Waals surface area contributed by atoms with Gasteiger partial charge >= 0.3 is 0 Å². The average molecular weight is 382 g/mol. The molecule has 0 saturated heterocycles. The molecule has 0 aliphatic carbocycles. The fourth-order valence-corrected chi connectivity index (χ4v) is 3.53. The number of amides is 2. The average Bonchev–Trinajstić information content (AvgIpc) is 3.15. The van der Waals surface area contributed by atoms with Crippen LogP contribution in [0.2, 0.25) is 0 Å². The Bertz CT molecular complexity index is 894. The van der Waals surface area contributed by atoms with Gasteiger partial charge in [-0.25, -0.2) is 0 Å². The summed E-state index contributed by atoms with van der Waals surface area (Å²) in [4.78, 5) is 26.6. The fraction of sp³-hybridized carbons (Fsp3) is 0.364. The number of anilines is 1. The lowest BCUT2D eigenvalue weighted by Crippen LogP contribution is -2.28. The molecule has 1 atom stereocenters. The number of nitrogens with one attached hydrogen (secondary N) is 1. The van der Waals surface area contributed by atoms with E-state index in [1.54, 1.807) is 25.2 Å². The molecule has 148 valence electrons. The van der Waals surface area contributed by atoms with Gasteiger partial charge in [-0.05, 0) is 55.3 Å². The first-order chi connectivity index (χ1) is 13.5. The molecule has 0 aromatic heterocycles. The van der Waals surface area contributed by atoms with Crippen LogP contribution in [0.5, 0.6) is 11.5 Å². The maximum absolute atomic E-state index is 12.8. The molecule has 0 bridgehead atoms. The van der Waals surface area contributed by atoms with Gasteiger partial charge in [-0.1, -0.05) is 6.92 Å². The van der Waals surface area contributed by atoms with Crippen molar-refractivity contribution in [2.75, 3.05) is 25.7 Å².